The van der Waals surface area contributed by atoms with Crippen LogP contribution in [-0.2, 0) is 45.3 Å². The number of aliphatic carboxylic acids is 1. The molecular weight excluding hydrogens is 849 g/mol. The van der Waals surface area contributed by atoms with Gasteiger partial charge in [-0.15, -0.1) is 0 Å². The van der Waals surface area contributed by atoms with Gasteiger partial charge in [0.25, 0.3) is 40.5 Å². The van der Waals surface area contributed by atoms with E-state index < -0.39 is 94.9 Å². The van der Waals surface area contributed by atoms with Crippen molar-refractivity contribution in [3.8, 4) is 22.5 Å². The Morgan fingerprint density at radius 3 is 2.03 bits per heavy atom. The van der Waals surface area contributed by atoms with Gasteiger partial charge in [-0.1, -0.05) is 30.9 Å². The van der Waals surface area contributed by atoms with Crippen molar-refractivity contribution >= 4 is 64.2 Å². The Hall–Kier alpha value is -5.79. The Kier molecular flexibility index (Phi) is 11.6. The van der Waals surface area contributed by atoms with E-state index in [2.05, 4.69) is 16.9 Å². The third kappa shape index (κ3) is 9.16. The average molecular weight is 880 g/mol. The maximum absolute atomic E-state index is 12.6. The molecule has 8 N–H and O–H groups in total. The Morgan fingerprint density at radius 1 is 0.828 bits per heavy atom. The Morgan fingerprint density at radius 2 is 1.47 bits per heavy atom. The molecule has 2 aromatic rings. The number of aromatic carboxylic acids is 1. The van der Waals surface area contributed by atoms with Gasteiger partial charge in [-0.3, -0.25) is 18.2 Å². The molecule has 1 atom stereocenters. The van der Waals surface area contributed by atoms with Gasteiger partial charge in [-0.05, 0) is 44.5 Å². The number of benzene rings is 3. The summed E-state index contributed by atoms with van der Waals surface area (Å²) in [5.74, 6) is -3.67. The summed E-state index contributed by atoms with van der Waals surface area (Å²) in [5.41, 5.74) is -1.32. The van der Waals surface area contributed by atoms with Crippen LogP contribution in [0.25, 0.3) is 28.5 Å². The molecule has 0 saturated heterocycles. The highest BCUT2D eigenvalue weighted by atomic mass is 32.2. The molecule has 2 aromatic carbocycles. The zero-order valence-corrected chi connectivity index (χ0v) is 33.0. The minimum absolute atomic E-state index is 0.0231. The molecule has 58 heavy (non-hydrogen) atoms. The SMILES string of the molecule is C=C(/C(=C\c1oc2cc(=[NH+]c3ccc(C(=O)O)c(S(=O)(=O)O)c3)c(C)cc-2c(-c2ccccc2S(=O)(=O)O)c1C)NC1C=C(S(=O)(=O)O)C(C(=O)O)=CC1)S(=O)(=O)O. The third-order valence-corrected chi connectivity index (χ3v) is 12.3. The molecule has 2 aliphatic carbocycles. The van der Waals surface area contributed by atoms with Gasteiger partial charge in [0, 0.05) is 52.1 Å². The third-order valence-electron chi connectivity index (χ3n) is 8.69. The van der Waals surface area contributed by atoms with Gasteiger partial charge in [0.05, 0.1) is 22.9 Å². The second-order valence-electron chi connectivity index (χ2n) is 12.6. The van der Waals surface area contributed by atoms with Crippen LogP contribution in [-0.4, -0.2) is 80.1 Å². The number of hydrogen-bond donors (Lipinski definition) is 8. The van der Waals surface area contributed by atoms with Crippen LogP contribution in [0.4, 0.5) is 5.69 Å². The second-order valence-corrected chi connectivity index (χ2v) is 18.2. The number of rotatable bonds is 12. The van der Waals surface area contributed by atoms with Gasteiger partial charge in [-0.25, -0.2) is 14.6 Å². The maximum Gasteiger partial charge on any atom is 0.337 e. The standard InChI is InChI=1S/C35H30N2O17S4/c1-17-12-25-29(15-26(17)36-20-8-10-23(34(38)39)31(13-20)57(48,49)50)54-28(18(2)33(25)22-6-4-5-7-30(22)56(45,46)47)16-27(19(3)55(42,43)44)37-21-9-11-24(35(40)41)32(14-21)58(51,52)53/h4-8,10-16,21,37H,3,9H2,1-2H3,(H,38,39)(H,40,41)(H,42,43,44)(H,45,46,47)(H,48,49,50)(H,51,52,53)/p+1/b27-16+,36-26?. The van der Waals surface area contributed by atoms with E-state index in [1.165, 1.54) is 43.3 Å². The van der Waals surface area contributed by atoms with Crippen LogP contribution in [0.3, 0.4) is 0 Å². The lowest BCUT2D eigenvalue weighted by Gasteiger charge is -2.23. The minimum Gasteiger partial charge on any atom is -0.478 e. The van der Waals surface area contributed by atoms with Crippen LogP contribution in [0.1, 0.15) is 33.7 Å². The highest BCUT2D eigenvalue weighted by Crippen LogP contribution is 2.41. The topological polar surface area (TPSA) is 331 Å². The van der Waals surface area contributed by atoms with E-state index in [0.717, 1.165) is 36.4 Å². The van der Waals surface area contributed by atoms with Crippen molar-refractivity contribution in [2.75, 3.05) is 0 Å². The van der Waals surface area contributed by atoms with Crippen LogP contribution in [0.5, 0.6) is 0 Å². The fraction of sp³-hybridized carbons (Fsp3) is 0.114. The first-order valence-corrected chi connectivity index (χ1v) is 21.8. The zero-order valence-electron chi connectivity index (χ0n) is 29.7. The normalized spacial score (nSPS) is 15.8. The lowest BCUT2D eigenvalue weighted by Crippen LogP contribution is -2.71. The molecule has 0 saturated carbocycles. The fourth-order valence-corrected chi connectivity index (χ4v) is 8.62. The smallest absolute Gasteiger partial charge is 0.337 e. The van der Waals surface area contributed by atoms with E-state index in [9.17, 15) is 71.7 Å². The predicted molar refractivity (Wildman–Crippen MR) is 203 cm³/mol. The van der Waals surface area contributed by atoms with Crippen molar-refractivity contribution in [1.29, 1.82) is 0 Å². The molecule has 23 heteroatoms. The van der Waals surface area contributed by atoms with Crippen LogP contribution in [0.2, 0.25) is 0 Å². The summed E-state index contributed by atoms with van der Waals surface area (Å²) in [4.78, 5) is 22.7. The van der Waals surface area contributed by atoms with Crippen molar-refractivity contribution in [2.45, 2.75) is 36.1 Å². The van der Waals surface area contributed by atoms with Crippen LogP contribution in [0, 0.1) is 13.8 Å². The lowest BCUT2D eigenvalue weighted by molar-refractivity contribution is -0.403. The van der Waals surface area contributed by atoms with Gasteiger partial charge in [0.2, 0.25) is 11.0 Å². The summed E-state index contributed by atoms with van der Waals surface area (Å²) in [6.07, 6.45) is 2.44. The van der Waals surface area contributed by atoms with Gasteiger partial charge in [-0.2, -0.15) is 33.7 Å². The molecule has 0 spiro atoms. The van der Waals surface area contributed by atoms with Crippen molar-refractivity contribution in [3.63, 3.8) is 0 Å². The predicted octanol–water partition coefficient (Wildman–Crippen LogP) is 2.06. The first kappa shape index (κ1) is 43.3. The molecule has 1 aliphatic heterocycles. The van der Waals surface area contributed by atoms with Crippen LogP contribution in [0.15, 0.2) is 109 Å². The molecule has 0 aromatic heterocycles. The van der Waals surface area contributed by atoms with Gasteiger partial charge < -0.3 is 19.9 Å². The minimum atomic E-state index is -5.14. The van der Waals surface area contributed by atoms with Crippen molar-refractivity contribution < 1.29 is 81.1 Å². The van der Waals surface area contributed by atoms with E-state index in [4.69, 9.17) is 4.42 Å². The first-order valence-electron chi connectivity index (χ1n) is 16.1. The quantitative estimate of drug-likeness (QED) is 0.0746. The summed E-state index contributed by atoms with van der Waals surface area (Å²) < 4.78 is 144. The molecule has 306 valence electrons. The molecule has 0 bridgehead atoms. The number of carbonyl (C=O) groups is 2. The monoisotopic (exact) mass is 879 g/mol. The van der Waals surface area contributed by atoms with E-state index in [0.29, 0.717) is 5.56 Å². The molecule has 1 unspecified atom stereocenters. The zero-order chi connectivity index (χ0) is 43.3. The molecule has 0 radical (unpaired) electrons. The Balaban J connectivity index is 1.85. The van der Waals surface area contributed by atoms with Gasteiger partial charge >= 0.3 is 11.9 Å². The Labute approximate surface area is 330 Å². The lowest BCUT2D eigenvalue weighted by atomic mass is 9.91. The van der Waals surface area contributed by atoms with Crippen molar-refractivity contribution in [2.24, 2.45) is 0 Å². The van der Waals surface area contributed by atoms with Crippen LogP contribution < -0.4 is 15.7 Å². The molecule has 3 aliphatic rings. The molecule has 1 heterocycles. The number of carboxylic acids is 2. The number of hydrogen-bond acceptors (Lipinski definition) is 12. The highest BCUT2D eigenvalue weighted by molar-refractivity contribution is 7.90. The molecule has 0 fully saturated rings. The molecule has 0 amide bonds. The summed E-state index contributed by atoms with van der Waals surface area (Å²) in [6.45, 7) is 6.42. The maximum atomic E-state index is 12.6. The van der Waals surface area contributed by atoms with E-state index >= 15 is 0 Å². The number of fused-ring (bicyclic) bond motifs is 1. The summed E-state index contributed by atoms with van der Waals surface area (Å²) in [6, 6.07) is 9.86. The average Bonchev–Trinajstić information content (AvgIpc) is 3.10. The number of aryl methyl sites for hydroxylation is 1. The molecular formula is C35H31N2O17S4+. The highest BCUT2D eigenvalue weighted by Gasteiger charge is 2.31. The summed E-state index contributed by atoms with van der Waals surface area (Å²) in [5, 5.41) is 21.7. The number of nitrogens with one attached hydrogen (secondary N) is 2. The van der Waals surface area contributed by atoms with Crippen molar-refractivity contribution in [3.05, 3.63) is 122 Å². The first-order chi connectivity index (χ1) is 26.7. The van der Waals surface area contributed by atoms with Gasteiger partial charge in [0.1, 0.15) is 31.1 Å². The number of carboxylic acid groups (broad SMARTS) is 2. The molecule has 5 rings (SSSR count). The van der Waals surface area contributed by atoms with E-state index in [1.807, 2.05) is 0 Å². The van der Waals surface area contributed by atoms with E-state index in [-0.39, 0.29) is 51.2 Å². The fourth-order valence-electron chi connectivity index (χ4n) is 6.03. The largest absolute Gasteiger partial charge is 0.478 e. The molecule has 19 nitrogen and oxygen atoms in total. The van der Waals surface area contributed by atoms with E-state index in [1.54, 1.807) is 6.92 Å². The van der Waals surface area contributed by atoms with Crippen molar-refractivity contribution in [1.82, 2.24) is 5.32 Å². The van der Waals surface area contributed by atoms with Gasteiger partial charge in [0.15, 0.2) is 0 Å². The Bertz CT molecular complexity index is 3050. The second kappa shape index (κ2) is 15.5. The summed E-state index contributed by atoms with van der Waals surface area (Å²) >= 11 is 0. The summed E-state index contributed by atoms with van der Waals surface area (Å²) in [7, 11) is -20.2. The van der Waals surface area contributed by atoms with Crippen LogP contribution >= 0.6 is 0 Å².